The fourth-order valence-corrected chi connectivity index (χ4v) is 3.63. The first kappa shape index (κ1) is 18.3. The van der Waals surface area contributed by atoms with Crippen LogP contribution in [0.5, 0.6) is 5.88 Å². The van der Waals surface area contributed by atoms with Crippen molar-refractivity contribution < 1.29 is 14.6 Å². The Bertz CT molecular complexity index is 705. The van der Waals surface area contributed by atoms with Crippen LogP contribution in [0.1, 0.15) is 5.56 Å². The molecule has 140 valence electrons. The van der Waals surface area contributed by atoms with Crippen LogP contribution >= 0.6 is 11.7 Å². The van der Waals surface area contributed by atoms with Crippen LogP contribution in [-0.2, 0) is 6.42 Å². The van der Waals surface area contributed by atoms with E-state index in [0.29, 0.717) is 18.8 Å². The number of aromatic nitrogens is 3. The number of nitrogens with zero attached hydrogens (tertiary/aromatic N) is 5. The van der Waals surface area contributed by atoms with Gasteiger partial charge in [0.2, 0.25) is 5.82 Å². The molecule has 0 radical (unpaired) electrons. The molecule has 1 fully saturated rings. The van der Waals surface area contributed by atoms with Crippen LogP contribution in [0.2, 0.25) is 0 Å². The van der Waals surface area contributed by atoms with Crippen LogP contribution in [0.3, 0.4) is 0 Å². The Morgan fingerprint density at radius 1 is 1.38 bits per heavy atom. The van der Waals surface area contributed by atoms with Crippen molar-refractivity contribution in [3.63, 3.8) is 0 Å². The summed E-state index contributed by atoms with van der Waals surface area (Å²) in [5.74, 6) is 1.35. The second kappa shape index (κ2) is 8.77. The number of carboxylic acid groups (broad SMARTS) is 1. The van der Waals surface area contributed by atoms with E-state index in [-0.39, 0.29) is 6.04 Å². The van der Waals surface area contributed by atoms with E-state index in [4.69, 9.17) is 9.84 Å². The molecule has 0 bridgehead atoms. The van der Waals surface area contributed by atoms with E-state index in [2.05, 4.69) is 28.8 Å². The van der Waals surface area contributed by atoms with Crippen LogP contribution < -0.4 is 15.0 Å². The van der Waals surface area contributed by atoms with Gasteiger partial charge in [0.25, 0.3) is 5.88 Å². The molecular weight excluding hydrogens is 356 g/mol. The van der Waals surface area contributed by atoms with Crippen LogP contribution in [0.15, 0.2) is 24.5 Å². The maximum Gasteiger partial charge on any atom is 0.404 e. The monoisotopic (exact) mass is 378 g/mol. The third-order valence-corrected chi connectivity index (χ3v) is 4.82. The minimum atomic E-state index is -1.00. The van der Waals surface area contributed by atoms with Gasteiger partial charge in [-0.15, -0.1) is 4.37 Å². The smallest absolute Gasteiger partial charge is 0.404 e. The Morgan fingerprint density at radius 2 is 2.19 bits per heavy atom. The fourth-order valence-electron chi connectivity index (χ4n) is 3.09. The van der Waals surface area contributed by atoms with E-state index in [0.717, 1.165) is 49.3 Å². The second-order valence-electron chi connectivity index (χ2n) is 6.10. The summed E-state index contributed by atoms with van der Waals surface area (Å²) < 4.78 is 13.7. The number of hydrogen-bond donors (Lipinski definition) is 2. The molecule has 10 heteroatoms. The van der Waals surface area contributed by atoms with Crippen molar-refractivity contribution in [3.05, 3.63) is 30.1 Å². The molecule has 9 nitrogen and oxygen atoms in total. The van der Waals surface area contributed by atoms with E-state index < -0.39 is 6.09 Å². The Hall–Kier alpha value is -2.46. The van der Waals surface area contributed by atoms with E-state index in [1.807, 2.05) is 12.1 Å². The van der Waals surface area contributed by atoms with Crippen molar-refractivity contribution in [2.24, 2.45) is 0 Å². The zero-order valence-electron chi connectivity index (χ0n) is 14.5. The molecule has 2 N–H and O–H groups in total. The van der Waals surface area contributed by atoms with Gasteiger partial charge in [0.1, 0.15) is 0 Å². The summed E-state index contributed by atoms with van der Waals surface area (Å²) in [6.07, 6.45) is 3.10. The van der Waals surface area contributed by atoms with E-state index in [1.165, 1.54) is 0 Å². The van der Waals surface area contributed by atoms with Crippen molar-refractivity contribution in [3.8, 4) is 5.88 Å². The summed E-state index contributed by atoms with van der Waals surface area (Å²) in [6, 6.07) is 3.64. The molecule has 3 heterocycles. The lowest BCUT2D eigenvalue weighted by Gasteiger charge is -2.36. The largest absolute Gasteiger partial charge is 0.478 e. The zero-order chi connectivity index (χ0) is 18.4. The first-order valence-corrected chi connectivity index (χ1v) is 9.11. The molecule has 3 rings (SSSR count). The molecule has 1 aliphatic rings. The zero-order valence-corrected chi connectivity index (χ0v) is 15.4. The topological polar surface area (TPSA) is 104 Å². The van der Waals surface area contributed by atoms with Gasteiger partial charge in [0.15, 0.2) is 0 Å². The predicted octanol–water partition coefficient (Wildman–Crippen LogP) is 0.943. The van der Waals surface area contributed by atoms with Gasteiger partial charge in [-0.05, 0) is 18.1 Å². The Morgan fingerprint density at radius 3 is 2.85 bits per heavy atom. The molecule has 0 saturated carbocycles. The van der Waals surface area contributed by atoms with Crippen molar-refractivity contribution in [1.29, 1.82) is 0 Å². The summed E-state index contributed by atoms with van der Waals surface area (Å²) in [4.78, 5) is 19.7. The maximum absolute atomic E-state index is 11.1. The lowest BCUT2D eigenvalue weighted by molar-refractivity contribution is 0.178. The number of carbonyl (C=O) groups is 1. The SMILES string of the molecule is COc1nsnc1N1CCN(C[C@@H](Cc2cccnc2)NC(=O)O)CC1. The van der Waals surface area contributed by atoms with E-state index >= 15 is 0 Å². The molecule has 1 saturated heterocycles. The van der Waals surface area contributed by atoms with Gasteiger partial charge in [0.05, 0.1) is 18.8 Å². The van der Waals surface area contributed by atoms with Crippen LogP contribution in [0, 0.1) is 0 Å². The van der Waals surface area contributed by atoms with Gasteiger partial charge in [-0.3, -0.25) is 9.88 Å². The molecule has 2 aromatic rings. The number of piperazine rings is 1. The average Bonchev–Trinajstić information content (AvgIpc) is 3.11. The standard InChI is InChI=1S/C16H22N6O3S/c1-25-15-14(19-26-20-15)22-7-5-21(6-8-22)11-13(18-16(23)24)9-12-3-2-4-17-10-12/h2-4,10,13,18H,5-9,11H2,1H3,(H,23,24)/t13-/m1/s1. The number of pyridine rings is 1. The number of hydrogen-bond acceptors (Lipinski definition) is 8. The Kier molecular flexibility index (Phi) is 6.18. The van der Waals surface area contributed by atoms with Crippen molar-refractivity contribution >= 4 is 23.6 Å². The summed E-state index contributed by atoms with van der Waals surface area (Å²) in [6.45, 7) is 3.90. The number of nitrogens with one attached hydrogen (secondary N) is 1. The minimum Gasteiger partial charge on any atom is -0.478 e. The predicted molar refractivity (Wildman–Crippen MR) is 98.0 cm³/mol. The molecular formula is C16H22N6O3S. The maximum atomic E-state index is 11.1. The number of amides is 1. The highest BCUT2D eigenvalue weighted by molar-refractivity contribution is 6.99. The van der Waals surface area contributed by atoms with Gasteiger partial charge in [-0.2, -0.15) is 4.37 Å². The van der Waals surface area contributed by atoms with Crippen molar-refractivity contribution in [2.75, 3.05) is 44.7 Å². The third kappa shape index (κ3) is 4.79. The van der Waals surface area contributed by atoms with Gasteiger partial charge >= 0.3 is 6.09 Å². The highest BCUT2D eigenvalue weighted by Gasteiger charge is 2.24. The molecule has 0 unspecified atom stereocenters. The third-order valence-electron chi connectivity index (χ3n) is 4.32. The van der Waals surface area contributed by atoms with Gasteiger partial charge < -0.3 is 20.1 Å². The van der Waals surface area contributed by atoms with Gasteiger partial charge in [-0.25, -0.2) is 4.79 Å². The molecule has 2 aromatic heterocycles. The molecule has 1 atom stereocenters. The molecule has 1 aliphatic heterocycles. The lowest BCUT2D eigenvalue weighted by atomic mass is 10.1. The lowest BCUT2D eigenvalue weighted by Crippen LogP contribution is -2.52. The van der Waals surface area contributed by atoms with Crippen LogP contribution in [-0.4, -0.2) is 75.7 Å². The Labute approximate surface area is 155 Å². The van der Waals surface area contributed by atoms with Crippen LogP contribution in [0.25, 0.3) is 0 Å². The highest BCUT2D eigenvalue weighted by Crippen LogP contribution is 2.26. The number of rotatable bonds is 7. The first-order chi connectivity index (χ1) is 12.7. The number of anilines is 1. The van der Waals surface area contributed by atoms with E-state index in [9.17, 15) is 4.79 Å². The molecule has 0 aliphatic carbocycles. The van der Waals surface area contributed by atoms with Crippen molar-refractivity contribution in [1.82, 2.24) is 23.9 Å². The summed E-state index contributed by atoms with van der Waals surface area (Å²) in [5, 5.41) is 11.8. The second-order valence-corrected chi connectivity index (χ2v) is 6.63. The molecule has 0 aromatic carbocycles. The number of ether oxygens (including phenoxy) is 1. The number of methoxy groups -OCH3 is 1. The van der Waals surface area contributed by atoms with Crippen molar-refractivity contribution in [2.45, 2.75) is 12.5 Å². The molecule has 0 spiro atoms. The minimum absolute atomic E-state index is 0.182. The fraction of sp³-hybridized carbons (Fsp3) is 0.500. The quantitative estimate of drug-likeness (QED) is 0.734. The van der Waals surface area contributed by atoms with Crippen LogP contribution in [0.4, 0.5) is 10.6 Å². The highest BCUT2D eigenvalue weighted by atomic mass is 32.1. The Balaban J connectivity index is 1.56. The van der Waals surface area contributed by atoms with Gasteiger partial charge in [-0.1, -0.05) is 6.07 Å². The summed E-state index contributed by atoms with van der Waals surface area (Å²) in [5.41, 5.74) is 1.02. The summed E-state index contributed by atoms with van der Waals surface area (Å²) >= 11 is 1.14. The molecule has 1 amide bonds. The normalized spacial score (nSPS) is 16.3. The average molecular weight is 378 g/mol. The molecule has 26 heavy (non-hydrogen) atoms. The summed E-state index contributed by atoms with van der Waals surface area (Å²) in [7, 11) is 1.59. The van der Waals surface area contributed by atoms with E-state index in [1.54, 1.807) is 19.5 Å². The first-order valence-electron chi connectivity index (χ1n) is 8.38. The van der Waals surface area contributed by atoms with Gasteiger partial charge in [0, 0.05) is 51.2 Å².